The predicted octanol–water partition coefficient (Wildman–Crippen LogP) is 5.46. The summed E-state index contributed by atoms with van der Waals surface area (Å²) in [6.45, 7) is 4.14. The molecule has 0 bridgehead atoms. The summed E-state index contributed by atoms with van der Waals surface area (Å²) in [5, 5.41) is 7.06. The lowest BCUT2D eigenvalue weighted by Crippen LogP contribution is -2.34. The predicted molar refractivity (Wildman–Crippen MR) is 117 cm³/mol. The van der Waals surface area contributed by atoms with Gasteiger partial charge in [-0.2, -0.15) is 0 Å². The number of nitrogens with zero attached hydrogens (tertiary/aromatic N) is 1. The van der Waals surface area contributed by atoms with Crippen molar-refractivity contribution in [3.63, 3.8) is 0 Å². The SMILES string of the molecule is CCc1ccc(-c2nc(NC(=S)NC(=O)c3ccc(Cl)cc3)sc2C)cc1. The topological polar surface area (TPSA) is 54.0 Å². The molecule has 0 aliphatic heterocycles. The summed E-state index contributed by atoms with van der Waals surface area (Å²) in [4.78, 5) is 17.9. The number of carbonyl (C=O) groups excluding carboxylic acids is 1. The third-order valence-electron chi connectivity index (χ3n) is 3.99. The first kappa shape index (κ1) is 19.5. The fraction of sp³-hybridized carbons (Fsp3) is 0.150. The van der Waals surface area contributed by atoms with Crippen molar-refractivity contribution in [2.45, 2.75) is 20.3 Å². The largest absolute Gasteiger partial charge is 0.308 e. The van der Waals surface area contributed by atoms with Gasteiger partial charge in [0.2, 0.25) is 0 Å². The number of amides is 1. The number of thiazole rings is 1. The summed E-state index contributed by atoms with van der Waals surface area (Å²) in [6, 6.07) is 15.0. The van der Waals surface area contributed by atoms with Gasteiger partial charge in [0.1, 0.15) is 0 Å². The molecule has 2 N–H and O–H groups in total. The molecule has 7 heteroatoms. The molecule has 0 saturated carbocycles. The van der Waals surface area contributed by atoms with Crippen molar-refractivity contribution in [3.8, 4) is 11.3 Å². The highest BCUT2D eigenvalue weighted by atomic mass is 35.5. The number of halogens is 1. The summed E-state index contributed by atoms with van der Waals surface area (Å²) in [7, 11) is 0. The highest BCUT2D eigenvalue weighted by Crippen LogP contribution is 2.30. The highest BCUT2D eigenvalue weighted by Gasteiger charge is 2.13. The van der Waals surface area contributed by atoms with Crippen LogP contribution in [0.2, 0.25) is 5.02 Å². The summed E-state index contributed by atoms with van der Waals surface area (Å²) >= 11 is 12.6. The Bertz CT molecular complexity index is 966. The third-order valence-corrected chi connectivity index (χ3v) is 5.33. The Morgan fingerprint density at radius 1 is 1.15 bits per heavy atom. The van der Waals surface area contributed by atoms with Gasteiger partial charge >= 0.3 is 0 Å². The van der Waals surface area contributed by atoms with E-state index in [1.807, 2.05) is 6.92 Å². The zero-order chi connectivity index (χ0) is 19.4. The molecular weight excluding hydrogens is 398 g/mol. The van der Waals surface area contributed by atoms with E-state index in [-0.39, 0.29) is 11.0 Å². The molecule has 27 heavy (non-hydrogen) atoms. The van der Waals surface area contributed by atoms with E-state index in [9.17, 15) is 4.79 Å². The van der Waals surface area contributed by atoms with Crippen LogP contribution in [0.1, 0.15) is 27.7 Å². The van der Waals surface area contributed by atoms with E-state index in [0.717, 1.165) is 22.6 Å². The number of carbonyl (C=O) groups is 1. The van der Waals surface area contributed by atoms with Crippen LogP contribution in [0.15, 0.2) is 48.5 Å². The molecule has 2 aromatic carbocycles. The molecule has 4 nitrogen and oxygen atoms in total. The number of rotatable bonds is 4. The maximum atomic E-state index is 12.2. The van der Waals surface area contributed by atoms with Crippen LogP contribution in [-0.4, -0.2) is 16.0 Å². The first-order valence-electron chi connectivity index (χ1n) is 8.41. The molecule has 1 aromatic heterocycles. The van der Waals surface area contributed by atoms with E-state index < -0.39 is 0 Å². The van der Waals surface area contributed by atoms with Gasteiger partial charge in [-0.15, -0.1) is 11.3 Å². The Balaban J connectivity index is 1.67. The Morgan fingerprint density at radius 3 is 2.44 bits per heavy atom. The summed E-state index contributed by atoms with van der Waals surface area (Å²) in [5.41, 5.74) is 3.74. The van der Waals surface area contributed by atoms with Crippen molar-refractivity contribution in [3.05, 3.63) is 69.6 Å². The average molecular weight is 416 g/mol. The molecule has 0 spiro atoms. The fourth-order valence-corrected chi connectivity index (χ4v) is 3.74. The second-order valence-corrected chi connectivity index (χ2v) is 7.94. The Kier molecular flexibility index (Phi) is 6.21. The van der Waals surface area contributed by atoms with Crippen LogP contribution in [0.4, 0.5) is 5.13 Å². The molecule has 0 fully saturated rings. The zero-order valence-corrected chi connectivity index (χ0v) is 17.3. The molecule has 0 aliphatic rings. The number of benzene rings is 2. The van der Waals surface area contributed by atoms with Gasteiger partial charge in [-0.25, -0.2) is 4.98 Å². The molecule has 1 heterocycles. The normalized spacial score (nSPS) is 10.5. The second kappa shape index (κ2) is 8.61. The van der Waals surface area contributed by atoms with Crippen LogP contribution in [0.5, 0.6) is 0 Å². The highest BCUT2D eigenvalue weighted by molar-refractivity contribution is 7.80. The molecule has 0 saturated heterocycles. The number of hydrogen-bond acceptors (Lipinski definition) is 4. The van der Waals surface area contributed by atoms with Crippen molar-refractivity contribution in [1.82, 2.24) is 10.3 Å². The lowest BCUT2D eigenvalue weighted by atomic mass is 10.1. The minimum atomic E-state index is -0.298. The van der Waals surface area contributed by atoms with Crippen molar-refractivity contribution in [1.29, 1.82) is 0 Å². The number of aromatic nitrogens is 1. The monoisotopic (exact) mass is 415 g/mol. The Hall–Kier alpha value is -2.28. The second-order valence-electron chi connectivity index (χ2n) is 5.89. The Morgan fingerprint density at radius 2 is 1.81 bits per heavy atom. The standard InChI is InChI=1S/C20H18ClN3OS2/c1-3-13-4-6-14(7-5-13)17-12(2)27-20(22-17)24-19(26)23-18(25)15-8-10-16(21)11-9-15/h4-11H,3H2,1-2H3,(H2,22,23,24,25,26). The van der Waals surface area contributed by atoms with Gasteiger partial charge in [-0.05, 0) is 55.4 Å². The van der Waals surface area contributed by atoms with Crippen molar-refractivity contribution in [2.75, 3.05) is 5.32 Å². The minimum Gasteiger partial charge on any atom is -0.308 e. The van der Waals surface area contributed by atoms with Crippen molar-refractivity contribution < 1.29 is 4.79 Å². The maximum absolute atomic E-state index is 12.2. The maximum Gasteiger partial charge on any atom is 0.257 e. The van der Waals surface area contributed by atoms with Gasteiger partial charge in [-0.3, -0.25) is 10.1 Å². The lowest BCUT2D eigenvalue weighted by molar-refractivity contribution is 0.0978. The molecule has 0 unspecified atom stereocenters. The van der Waals surface area contributed by atoms with E-state index >= 15 is 0 Å². The lowest BCUT2D eigenvalue weighted by Gasteiger charge is -2.07. The fourth-order valence-electron chi connectivity index (χ4n) is 2.52. The van der Waals surface area contributed by atoms with Crippen LogP contribution in [0.3, 0.4) is 0 Å². The number of thiocarbonyl (C=S) groups is 1. The Labute approximate surface area is 172 Å². The number of hydrogen-bond donors (Lipinski definition) is 2. The van der Waals surface area contributed by atoms with Gasteiger partial charge in [0.05, 0.1) is 5.69 Å². The summed E-state index contributed by atoms with van der Waals surface area (Å²) in [6.07, 6.45) is 1.00. The van der Waals surface area contributed by atoms with E-state index in [4.69, 9.17) is 23.8 Å². The summed E-state index contributed by atoms with van der Waals surface area (Å²) < 4.78 is 0. The summed E-state index contributed by atoms with van der Waals surface area (Å²) in [5.74, 6) is -0.298. The number of aryl methyl sites for hydroxylation is 2. The average Bonchev–Trinajstić information content (AvgIpc) is 3.02. The molecule has 0 aliphatic carbocycles. The van der Waals surface area contributed by atoms with Crippen molar-refractivity contribution in [2.24, 2.45) is 0 Å². The quantitative estimate of drug-likeness (QED) is 0.555. The van der Waals surface area contributed by atoms with Gasteiger partial charge in [-0.1, -0.05) is 42.8 Å². The first-order chi connectivity index (χ1) is 13.0. The zero-order valence-electron chi connectivity index (χ0n) is 14.9. The van der Waals surface area contributed by atoms with Crippen LogP contribution in [0, 0.1) is 6.92 Å². The van der Waals surface area contributed by atoms with Crippen LogP contribution in [-0.2, 0) is 6.42 Å². The number of nitrogens with one attached hydrogen (secondary N) is 2. The molecule has 0 atom stereocenters. The van der Waals surface area contributed by atoms with Gasteiger partial charge in [0.15, 0.2) is 10.2 Å². The van der Waals surface area contributed by atoms with E-state index in [2.05, 4.69) is 46.8 Å². The van der Waals surface area contributed by atoms with Gasteiger partial charge in [0.25, 0.3) is 5.91 Å². The van der Waals surface area contributed by atoms with E-state index in [0.29, 0.717) is 15.7 Å². The molecular formula is C20H18ClN3OS2. The van der Waals surface area contributed by atoms with E-state index in [1.165, 1.54) is 16.9 Å². The van der Waals surface area contributed by atoms with Crippen LogP contribution < -0.4 is 10.6 Å². The molecule has 3 rings (SSSR count). The molecule has 138 valence electrons. The molecule has 1 amide bonds. The molecule has 3 aromatic rings. The van der Waals surface area contributed by atoms with E-state index in [1.54, 1.807) is 24.3 Å². The first-order valence-corrected chi connectivity index (χ1v) is 10.0. The molecule has 0 radical (unpaired) electrons. The van der Waals surface area contributed by atoms with Crippen LogP contribution >= 0.6 is 35.2 Å². The third kappa shape index (κ3) is 4.91. The van der Waals surface area contributed by atoms with Gasteiger partial charge in [0, 0.05) is 21.0 Å². The minimum absolute atomic E-state index is 0.205. The van der Waals surface area contributed by atoms with Crippen LogP contribution in [0.25, 0.3) is 11.3 Å². The van der Waals surface area contributed by atoms with Gasteiger partial charge < -0.3 is 5.32 Å². The van der Waals surface area contributed by atoms with Crippen molar-refractivity contribution >= 4 is 51.3 Å². The smallest absolute Gasteiger partial charge is 0.257 e. The number of anilines is 1.